The molecular formula is C17H27BrN2. The van der Waals surface area contributed by atoms with Crippen LogP contribution in [0.4, 0.5) is 0 Å². The normalized spacial score (nSPS) is 19.6. The Morgan fingerprint density at radius 2 is 2.10 bits per heavy atom. The fourth-order valence-electron chi connectivity index (χ4n) is 3.12. The number of rotatable bonds is 6. The number of halogens is 1. The Labute approximate surface area is 132 Å². The topological polar surface area (TPSA) is 15.3 Å². The summed E-state index contributed by atoms with van der Waals surface area (Å²) in [6.07, 6.45) is 3.66. The van der Waals surface area contributed by atoms with Crippen LogP contribution in [0.15, 0.2) is 22.7 Å². The minimum atomic E-state index is 0.525. The van der Waals surface area contributed by atoms with Gasteiger partial charge in [-0.05, 0) is 56.5 Å². The lowest BCUT2D eigenvalue weighted by Gasteiger charge is -2.28. The third-order valence-corrected chi connectivity index (χ3v) is 5.03. The first-order chi connectivity index (χ1) is 9.49. The molecule has 2 rings (SSSR count). The first-order valence-corrected chi connectivity index (χ1v) is 8.45. The van der Waals surface area contributed by atoms with E-state index in [0.29, 0.717) is 12.1 Å². The molecule has 0 spiro atoms. The van der Waals surface area contributed by atoms with Gasteiger partial charge in [-0.1, -0.05) is 41.9 Å². The average Bonchev–Trinajstić information content (AvgIpc) is 2.78. The van der Waals surface area contributed by atoms with E-state index in [9.17, 15) is 0 Å². The Morgan fingerprint density at radius 3 is 2.75 bits per heavy atom. The zero-order chi connectivity index (χ0) is 14.7. The highest BCUT2D eigenvalue weighted by molar-refractivity contribution is 9.10. The van der Waals surface area contributed by atoms with Crippen molar-refractivity contribution in [3.05, 3.63) is 33.8 Å². The second kappa shape index (κ2) is 7.06. The number of nitrogens with zero attached hydrogens (tertiary/aromatic N) is 1. The monoisotopic (exact) mass is 338 g/mol. The SMILES string of the molecule is CC(C)CC(CNC1CCc2c(Br)cccc21)N(C)C. The van der Waals surface area contributed by atoms with Gasteiger partial charge in [0.1, 0.15) is 0 Å². The molecule has 1 aliphatic rings. The molecule has 20 heavy (non-hydrogen) atoms. The smallest absolute Gasteiger partial charge is 0.0327 e. The van der Waals surface area contributed by atoms with Gasteiger partial charge in [-0.3, -0.25) is 0 Å². The van der Waals surface area contributed by atoms with Gasteiger partial charge in [0.05, 0.1) is 0 Å². The molecule has 1 aromatic carbocycles. The summed E-state index contributed by atoms with van der Waals surface area (Å²) < 4.78 is 1.27. The van der Waals surface area contributed by atoms with E-state index in [2.05, 4.69) is 72.3 Å². The van der Waals surface area contributed by atoms with Crippen LogP contribution in [0.25, 0.3) is 0 Å². The molecule has 0 amide bonds. The van der Waals surface area contributed by atoms with Gasteiger partial charge in [0.25, 0.3) is 0 Å². The van der Waals surface area contributed by atoms with Crippen LogP contribution in [0.2, 0.25) is 0 Å². The maximum absolute atomic E-state index is 3.79. The van der Waals surface area contributed by atoms with E-state index < -0.39 is 0 Å². The van der Waals surface area contributed by atoms with Gasteiger partial charge in [0.15, 0.2) is 0 Å². The molecule has 0 heterocycles. The van der Waals surface area contributed by atoms with E-state index in [1.54, 1.807) is 0 Å². The van der Waals surface area contributed by atoms with Gasteiger partial charge in [-0.25, -0.2) is 0 Å². The van der Waals surface area contributed by atoms with Crippen molar-refractivity contribution in [1.29, 1.82) is 0 Å². The zero-order valence-electron chi connectivity index (χ0n) is 13.1. The van der Waals surface area contributed by atoms with Crippen molar-refractivity contribution < 1.29 is 0 Å². The lowest BCUT2D eigenvalue weighted by molar-refractivity contribution is 0.240. The van der Waals surface area contributed by atoms with Crippen LogP contribution in [0.1, 0.15) is 43.9 Å². The van der Waals surface area contributed by atoms with Crippen molar-refractivity contribution >= 4 is 15.9 Å². The zero-order valence-corrected chi connectivity index (χ0v) is 14.7. The van der Waals surface area contributed by atoms with E-state index in [4.69, 9.17) is 0 Å². The lowest BCUT2D eigenvalue weighted by Crippen LogP contribution is -2.39. The summed E-state index contributed by atoms with van der Waals surface area (Å²) in [5.74, 6) is 0.745. The fraction of sp³-hybridized carbons (Fsp3) is 0.647. The molecule has 0 aromatic heterocycles. The van der Waals surface area contributed by atoms with Gasteiger partial charge in [0.2, 0.25) is 0 Å². The largest absolute Gasteiger partial charge is 0.308 e. The van der Waals surface area contributed by atoms with Crippen LogP contribution in [0, 0.1) is 5.92 Å². The van der Waals surface area contributed by atoms with Crippen LogP contribution in [-0.2, 0) is 6.42 Å². The number of hydrogen-bond acceptors (Lipinski definition) is 2. The van der Waals surface area contributed by atoms with Crippen LogP contribution in [0.3, 0.4) is 0 Å². The van der Waals surface area contributed by atoms with Crippen LogP contribution in [-0.4, -0.2) is 31.6 Å². The summed E-state index contributed by atoms with van der Waals surface area (Å²) >= 11 is 3.67. The Morgan fingerprint density at radius 1 is 1.35 bits per heavy atom. The van der Waals surface area contributed by atoms with Crippen LogP contribution >= 0.6 is 15.9 Å². The van der Waals surface area contributed by atoms with Gasteiger partial charge < -0.3 is 10.2 Å². The van der Waals surface area contributed by atoms with E-state index in [1.165, 1.54) is 34.9 Å². The predicted octanol–water partition coefficient (Wildman–Crippen LogP) is 4.00. The molecule has 0 radical (unpaired) electrons. The molecule has 1 aliphatic carbocycles. The molecule has 1 aromatic rings. The lowest BCUT2D eigenvalue weighted by atomic mass is 10.0. The molecule has 0 saturated heterocycles. The number of hydrogen-bond donors (Lipinski definition) is 1. The minimum Gasteiger partial charge on any atom is -0.308 e. The highest BCUT2D eigenvalue weighted by atomic mass is 79.9. The molecular weight excluding hydrogens is 312 g/mol. The fourth-order valence-corrected chi connectivity index (χ4v) is 3.70. The quantitative estimate of drug-likeness (QED) is 0.843. The first-order valence-electron chi connectivity index (χ1n) is 7.66. The first kappa shape index (κ1) is 16.0. The maximum Gasteiger partial charge on any atom is 0.0327 e. The summed E-state index contributed by atoms with van der Waals surface area (Å²) in [5, 5.41) is 3.79. The molecule has 0 saturated carbocycles. The third-order valence-electron chi connectivity index (χ3n) is 4.29. The molecule has 112 valence electrons. The summed E-state index contributed by atoms with van der Waals surface area (Å²) in [5.41, 5.74) is 2.98. The number of likely N-dealkylation sites (N-methyl/N-ethyl adjacent to an activating group) is 1. The highest BCUT2D eigenvalue weighted by Crippen LogP contribution is 2.35. The van der Waals surface area contributed by atoms with Crippen LogP contribution in [0.5, 0.6) is 0 Å². The average molecular weight is 339 g/mol. The van der Waals surface area contributed by atoms with Crippen molar-refractivity contribution in [1.82, 2.24) is 10.2 Å². The molecule has 1 N–H and O–H groups in total. The van der Waals surface area contributed by atoms with Crippen molar-refractivity contribution in [2.24, 2.45) is 5.92 Å². The minimum absolute atomic E-state index is 0.525. The second-order valence-electron chi connectivity index (χ2n) is 6.55. The van der Waals surface area contributed by atoms with Gasteiger partial charge in [-0.2, -0.15) is 0 Å². The van der Waals surface area contributed by atoms with Crippen molar-refractivity contribution in [3.63, 3.8) is 0 Å². The molecule has 0 fully saturated rings. The van der Waals surface area contributed by atoms with Crippen LogP contribution < -0.4 is 5.32 Å². The Balaban J connectivity index is 1.97. The Hall–Kier alpha value is -0.380. The predicted molar refractivity (Wildman–Crippen MR) is 90.1 cm³/mol. The van der Waals surface area contributed by atoms with E-state index >= 15 is 0 Å². The summed E-state index contributed by atoms with van der Waals surface area (Å²) in [6.45, 7) is 5.68. The summed E-state index contributed by atoms with van der Waals surface area (Å²) in [6, 6.07) is 7.73. The molecule has 2 nitrogen and oxygen atoms in total. The molecule has 2 atom stereocenters. The van der Waals surface area contributed by atoms with Gasteiger partial charge in [-0.15, -0.1) is 0 Å². The van der Waals surface area contributed by atoms with E-state index in [1.807, 2.05) is 0 Å². The molecule has 0 aliphatic heterocycles. The van der Waals surface area contributed by atoms with Gasteiger partial charge in [0, 0.05) is 23.1 Å². The molecule has 0 bridgehead atoms. The summed E-state index contributed by atoms with van der Waals surface area (Å²) in [7, 11) is 4.38. The van der Waals surface area contributed by atoms with Crippen molar-refractivity contribution in [2.45, 2.75) is 45.2 Å². The number of nitrogens with one attached hydrogen (secondary N) is 1. The van der Waals surface area contributed by atoms with Crippen molar-refractivity contribution in [2.75, 3.05) is 20.6 Å². The van der Waals surface area contributed by atoms with Gasteiger partial charge >= 0.3 is 0 Å². The Bertz CT molecular complexity index is 443. The Kier molecular flexibility index (Phi) is 5.65. The van der Waals surface area contributed by atoms with E-state index in [-0.39, 0.29) is 0 Å². The second-order valence-corrected chi connectivity index (χ2v) is 7.41. The standard InChI is InChI=1S/C17H27BrN2/c1-12(2)10-13(20(3)4)11-19-17-9-8-14-15(17)6-5-7-16(14)18/h5-7,12-13,17,19H,8-11H2,1-4H3. The number of benzene rings is 1. The molecule has 3 heteroatoms. The number of fused-ring (bicyclic) bond motifs is 1. The maximum atomic E-state index is 3.79. The summed E-state index contributed by atoms with van der Waals surface area (Å²) in [4.78, 5) is 2.35. The molecule has 2 unspecified atom stereocenters. The van der Waals surface area contributed by atoms with E-state index in [0.717, 1.165) is 12.5 Å². The highest BCUT2D eigenvalue weighted by Gasteiger charge is 2.24. The third kappa shape index (κ3) is 3.84. The van der Waals surface area contributed by atoms with Crippen molar-refractivity contribution in [3.8, 4) is 0 Å².